The lowest BCUT2D eigenvalue weighted by molar-refractivity contribution is 0.0697. The van der Waals surface area contributed by atoms with Gasteiger partial charge in [-0.3, -0.25) is 4.98 Å². The Morgan fingerprint density at radius 2 is 1.91 bits per heavy atom. The molecule has 0 radical (unpaired) electrons. The topological polar surface area (TPSA) is 50.2 Å². The standard InChI is InChI=1S/C18H10FNO2/c19-16-8-7-15(18(21)22)10-13(16)6-5-12-9-14-3-1-2-4-17(14)20-11-12/h1-4,7-11H,(H,21,22). The third-order valence-electron chi connectivity index (χ3n) is 3.15. The second-order valence-electron chi connectivity index (χ2n) is 4.67. The van der Waals surface area contributed by atoms with E-state index in [1.54, 1.807) is 6.20 Å². The Hall–Kier alpha value is -3.19. The van der Waals surface area contributed by atoms with Crippen LogP contribution in [0.3, 0.4) is 0 Å². The number of carboxylic acid groups (broad SMARTS) is 1. The van der Waals surface area contributed by atoms with Crippen molar-refractivity contribution in [3.63, 3.8) is 0 Å². The van der Waals surface area contributed by atoms with Crippen molar-refractivity contribution in [3.8, 4) is 11.8 Å². The van der Waals surface area contributed by atoms with Crippen LogP contribution in [-0.2, 0) is 0 Å². The van der Waals surface area contributed by atoms with Gasteiger partial charge in [0.05, 0.1) is 16.6 Å². The van der Waals surface area contributed by atoms with Gasteiger partial charge in [-0.05, 0) is 30.3 Å². The highest BCUT2D eigenvalue weighted by Gasteiger charge is 2.06. The molecule has 3 aromatic rings. The maximum Gasteiger partial charge on any atom is 0.335 e. The lowest BCUT2D eigenvalue weighted by Crippen LogP contribution is -1.97. The van der Waals surface area contributed by atoms with Gasteiger partial charge in [-0.2, -0.15) is 0 Å². The maximum atomic E-state index is 13.7. The Labute approximate surface area is 126 Å². The van der Waals surface area contributed by atoms with Crippen molar-refractivity contribution in [1.29, 1.82) is 0 Å². The van der Waals surface area contributed by atoms with Crippen molar-refractivity contribution in [2.24, 2.45) is 0 Å². The molecule has 1 heterocycles. The first-order valence-electron chi connectivity index (χ1n) is 6.53. The van der Waals surface area contributed by atoms with Gasteiger partial charge in [0.1, 0.15) is 5.82 Å². The zero-order chi connectivity index (χ0) is 15.5. The van der Waals surface area contributed by atoms with E-state index < -0.39 is 11.8 Å². The summed E-state index contributed by atoms with van der Waals surface area (Å²) in [6.45, 7) is 0. The fraction of sp³-hybridized carbons (Fsp3) is 0. The van der Waals surface area contributed by atoms with Crippen LogP contribution in [0.4, 0.5) is 4.39 Å². The van der Waals surface area contributed by atoms with E-state index in [-0.39, 0.29) is 11.1 Å². The lowest BCUT2D eigenvalue weighted by atomic mass is 10.1. The van der Waals surface area contributed by atoms with E-state index in [2.05, 4.69) is 16.8 Å². The predicted molar refractivity (Wildman–Crippen MR) is 81.1 cm³/mol. The van der Waals surface area contributed by atoms with Gasteiger partial charge < -0.3 is 5.11 Å². The molecule has 1 N–H and O–H groups in total. The summed E-state index contributed by atoms with van der Waals surface area (Å²) in [6, 6.07) is 13.0. The number of hydrogen-bond donors (Lipinski definition) is 1. The Balaban J connectivity index is 2.00. The van der Waals surface area contributed by atoms with Crippen LogP contribution in [0.5, 0.6) is 0 Å². The maximum absolute atomic E-state index is 13.7. The number of aromatic carboxylic acids is 1. The zero-order valence-corrected chi connectivity index (χ0v) is 11.4. The van der Waals surface area contributed by atoms with Crippen molar-refractivity contribution >= 4 is 16.9 Å². The number of nitrogens with zero attached hydrogens (tertiary/aromatic N) is 1. The normalized spacial score (nSPS) is 10.0. The van der Waals surface area contributed by atoms with Gasteiger partial charge in [0.25, 0.3) is 0 Å². The van der Waals surface area contributed by atoms with E-state index in [4.69, 9.17) is 5.11 Å². The van der Waals surface area contributed by atoms with Crippen LogP contribution in [0, 0.1) is 17.7 Å². The molecule has 4 heteroatoms. The molecular weight excluding hydrogens is 281 g/mol. The smallest absolute Gasteiger partial charge is 0.335 e. The minimum Gasteiger partial charge on any atom is -0.478 e. The number of hydrogen-bond acceptors (Lipinski definition) is 2. The summed E-state index contributed by atoms with van der Waals surface area (Å²) < 4.78 is 13.7. The minimum absolute atomic E-state index is 0.00216. The van der Waals surface area contributed by atoms with Crippen molar-refractivity contribution in [1.82, 2.24) is 4.98 Å². The molecule has 3 nitrogen and oxygen atoms in total. The molecule has 0 aliphatic carbocycles. The van der Waals surface area contributed by atoms with Crippen molar-refractivity contribution < 1.29 is 14.3 Å². The Morgan fingerprint density at radius 3 is 2.73 bits per heavy atom. The van der Waals surface area contributed by atoms with E-state index in [1.807, 2.05) is 30.3 Å². The fourth-order valence-electron chi connectivity index (χ4n) is 2.03. The molecule has 22 heavy (non-hydrogen) atoms. The number of pyridine rings is 1. The van der Waals surface area contributed by atoms with Crippen molar-refractivity contribution in [2.45, 2.75) is 0 Å². The molecule has 0 saturated carbocycles. The van der Waals surface area contributed by atoms with E-state index in [0.29, 0.717) is 5.56 Å². The molecule has 0 bridgehead atoms. The van der Waals surface area contributed by atoms with E-state index >= 15 is 0 Å². The summed E-state index contributed by atoms with van der Waals surface area (Å²) in [5.41, 5.74) is 1.54. The summed E-state index contributed by atoms with van der Waals surface area (Å²) in [5.74, 6) is 3.81. The lowest BCUT2D eigenvalue weighted by Gasteiger charge is -1.98. The molecule has 0 aliphatic heterocycles. The highest BCUT2D eigenvalue weighted by molar-refractivity contribution is 5.88. The molecule has 0 aliphatic rings. The Morgan fingerprint density at radius 1 is 1.09 bits per heavy atom. The number of carbonyl (C=O) groups is 1. The number of carboxylic acids is 1. The van der Waals surface area contributed by atoms with Crippen molar-refractivity contribution in [2.75, 3.05) is 0 Å². The summed E-state index contributed by atoms with van der Waals surface area (Å²) in [5, 5.41) is 9.86. The van der Waals surface area contributed by atoms with E-state index in [9.17, 15) is 9.18 Å². The van der Waals surface area contributed by atoms with Gasteiger partial charge in [0, 0.05) is 17.1 Å². The number of halogens is 1. The molecule has 0 spiro atoms. The molecule has 0 unspecified atom stereocenters. The number of rotatable bonds is 1. The monoisotopic (exact) mass is 291 g/mol. The van der Waals surface area contributed by atoms with Crippen LogP contribution in [0.1, 0.15) is 21.5 Å². The number of fused-ring (bicyclic) bond motifs is 1. The second kappa shape index (κ2) is 5.66. The Bertz CT molecular complexity index is 938. The van der Waals surface area contributed by atoms with Crippen LogP contribution in [0.2, 0.25) is 0 Å². The average molecular weight is 291 g/mol. The molecule has 106 valence electrons. The van der Waals surface area contributed by atoms with Gasteiger partial charge in [-0.25, -0.2) is 9.18 Å². The molecule has 3 rings (SSSR count). The van der Waals surface area contributed by atoms with Crippen LogP contribution >= 0.6 is 0 Å². The van der Waals surface area contributed by atoms with Gasteiger partial charge >= 0.3 is 5.97 Å². The molecule has 0 atom stereocenters. The molecular formula is C18H10FNO2. The molecule has 1 aromatic heterocycles. The first-order chi connectivity index (χ1) is 10.6. The summed E-state index contributed by atoms with van der Waals surface area (Å²) >= 11 is 0. The largest absolute Gasteiger partial charge is 0.478 e. The quantitative estimate of drug-likeness (QED) is 0.698. The van der Waals surface area contributed by atoms with Crippen LogP contribution in [0.15, 0.2) is 54.7 Å². The minimum atomic E-state index is -1.12. The highest BCUT2D eigenvalue weighted by Crippen LogP contribution is 2.13. The molecule has 0 fully saturated rings. The molecule has 2 aromatic carbocycles. The first kappa shape index (κ1) is 13.8. The van der Waals surface area contributed by atoms with Gasteiger partial charge in [0.2, 0.25) is 0 Å². The zero-order valence-electron chi connectivity index (χ0n) is 11.4. The highest BCUT2D eigenvalue weighted by atomic mass is 19.1. The van der Waals surface area contributed by atoms with E-state index in [0.717, 1.165) is 17.0 Å². The molecule has 0 saturated heterocycles. The number of aromatic nitrogens is 1. The van der Waals surface area contributed by atoms with Crippen LogP contribution < -0.4 is 0 Å². The summed E-state index contributed by atoms with van der Waals surface area (Å²) in [6.07, 6.45) is 1.61. The van der Waals surface area contributed by atoms with Gasteiger partial charge in [-0.1, -0.05) is 30.0 Å². The predicted octanol–water partition coefficient (Wildman–Crippen LogP) is 3.47. The summed E-state index contributed by atoms with van der Waals surface area (Å²) in [4.78, 5) is 15.2. The average Bonchev–Trinajstić information content (AvgIpc) is 2.53. The van der Waals surface area contributed by atoms with Crippen LogP contribution in [0.25, 0.3) is 10.9 Å². The third-order valence-corrected chi connectivity index (χ3v) is 3.15. The second-order valence-corrected chi connectivity index (χ2v) is 4.67. The number of para-hydroxylation sites is 1. The van der Waals surface area contributed by atoms with Gasteiger partial charge in [-0.15, -0.1) is 0 Å². The van der Waals surface area contributed by atoms with Gasteiger partial charge in [0.15, 0.2) is 0 Å². The Kier molecular flexibility index (Phi) is 3.55. The SMILES string of the molecule is O=C(O)c1ccc(F)c(C#Cc2cnc3ccccc3c2)c1. The third kappa shape index (κ3) is 2.79. The molecule has 0 amide bonds. The van der Waals surface area contributed by atoms with E-state index in [1.165, 1.54) is 12.1 Å². The summed E-state index contributed by atoms with van der Waals surface area (Å²) in [7, 11) is 0. The van der Waals surface area contributed by atoms with Crippen LogP contribution in [-0.4, -0.2) is 16.1 Å². The number of benzene rings is 2. The van der Waals surface area contributed by atoms with Crippen molar-refractivity contribution in [3.05, 3.63) is 77.2 Å². The first-order valence-corrected chi connectivity index (χ1v) is 6.53. The fourth-order valence-corrected chi connectivity index (χ4v) is 2.03.